The van der Waals surface area contributed by atoms with Gasteiger partial charge in [-0.25, -0.2) is 0 Å². The van der Waals surface area contributed by atoms with Crippen molar-refractivity contribution in [3.05, 3.63) is 65.7 Å². The second-order valence-corrected chi connectivity index (χ2v) is 15.3. The van der Waals surface area contributed by atoms with Gasteiger partial charge in [-0.3, -0.25) is 0 Å². The molecule has 4 aromatic heterocycles. The van der Waals surface area contributed by atoms with E-state index in [2.05, 4.69) is 50.2 Å². The number of likely N-dealkylation sites (N-methyl/N-ethyl adjacent to an activating group) is 2. The molecule has 160 valence electrons. The third-order valence-corrected chi connectivity index (χ3v) is 12.8. The molecule has 2 aliphatic rings. The maximum absolute atomic E-state index is 13.3. The summed E-state index contributed by atoms with van der Waals surface area (Å²) in [6.45, 7) is 4.25. The van der Waals surface area contributed by atoms with Crippen molar-refractivity contribution in [2.45, 2.75) is 13.8 Å². The molecule has 0 saturated carbocycles. The van der Waals surface area contributed by atoms with Gasteiger partial charge in [0.15, 0.2) is 0 Å². The van der Waals surface area contributed by atoms with E-state index in [4.69, 9.17) is 0 Å². The van der Waals surface area contributed by atoms with Crippen molar-refractivity contribution < 1.29 is 9.59 Å². The Morgan fingerprint density at radius 3 is 1.88 bits per heavy atom. The van der Waals surface area contributed by atoms with E-state index < -0.39 is 0 Å². The molecule has 2 amide bonds. The Labute approximate surface area is 205 Å². The van der Waals surface area contributed by atoms with Gasteiger partial charge in [0, 0.05) is 0 Å². The molecule has 0 unspecified atom stereocenters. The molecule has 0 fully saturated rings. The first-order valence-electron chi connectivity index (χ1n) is 10.1. The van der Waals surface area contributed by atoms with Gasteiger partial charge in [-0.15, -0.1) is 0 Å². The second kappa shape index (κ2) is 7.29. The predicted molar refractivity (Wildman–Crippen MR) is 134 cm³/mol. The number of nitrogens with zero attached hydrogens (tertiary/aromatic N) is 2. The van der Waals surface area contributed by atoms with Crippen LogP contribution in [0.5, 0.6) is 0 Å². The van der Waals surface area contributed by atoms with Crippen LogP contribution in [0.4, 0.5) is 0 Å². The molecule has 0 bridgehead atoms. The molecule has 0 spiro atoms. The summed E-state index contributed by atoms with van der Waals surface area (Å²) >= 11 is 3.86. The zero-order valence-electron chi connectivity index (χ0n) is 17.8. The first kappa shape index (κ1) is 20.7. The fourth-order valence-corrected chi connectivity index (χ4v) is 11.2. The van der Waals surface area contributed by atoms with Crippen LogP contribution in [-0.4, -0.2) is 64.7 Å². The normalized spacial score (nSPS) is 16.5. The molecule has 32 heavy (non-hydrogen) atoms. The molecule has 0 aromatic carbocycles. The number of carbonyl (C=O) groups is 2. The standard InChI is InChI=1S/C24H18N2O2S2Se2/c1-11-9-13-14(29-11)10-15(30-13)16-7-8-18(32-16)22-20-19(23(27)26(22)4)21(25(3)24(20)28)17-6-5-12(2)31-17/h5-10H,1-4H3. The molecular weight excluding hydrogens is 570 g/mol. The summed E-state index contributed by atoms with van der Waals surface area (Å²) in [6.07, 6.45) is 0. The number of aryl methyl sites for hydroxylation is 2. The van der Waals surface area contributed by atoms with Crippen molar-refractivity contribution in [3.8, 4) is 9.31 Å². The molecule has 8 heteroatoms. The van der Waals surface area contributed by atoms with E-state index in [-0.39, 0.29) is 40.8 Å². The number of amides is 2. The summed E-state index contributed by atoms with van der Waals surface area (Å²) < 4.78 is 7.49. The number of thiophene rings is 2. The van der Waals surface area contributed by atoms with Gasteiger partial charge in [0.1, 0.15) is 0 Å². The Morgan fingerprint density at radius 1 is 0.719 bits per heavy atom. The number of hydrogen-bond donors (Lipinski definition) is 0. The first-order chi connectivity index (χ1) is 15.3. The van der Waals surface area contributed by atoms with Gasteiger partial charge in [0.05, 0.1) is 0 Å². The quantitative estimate of drug-likeness (QED) is 0.333. The Kier molecular flexibility index (Phi) is 4.71. The van der Waals surface area contributed by atoms with Gasteiger partial charge < -0.3 is 0 Å². The van der Waals surface area contributed by atoms with Gasteiger partial charge in [-0.05, 0) is 0 Å². The number of carbonyl (C=O) groups excluding carboxylic acids is 2. The molecule has 0 N–H and O–H groups in total. The van der Waals surface area contributed by atoms with Crippen LogP contribution in [0.2, 0.25) is 0 Å². The van der Waals surface area contributed by atoms with Gasteiger partial charge in [-0.1, -0.05) is 0 Å². The minimum atomic E-state index is -0.0683. The summed E-state index contributed by atoms with van der Waals surface area (Å²) in [6, 6.07) is 13.0. The number of hydrogen-bond acceptors (Lipinski definition) is 4. The molecule has 4 aromatic rings. The minimum absolute atomic E-state index is 0.0463. The third kappa shape index (κ3) is 2.91. The van der Waals surface area contributed by atoms with Crippen LogP contribution in [0, 0.1) is 13.8 Å². The molecule has 2 aliphatic heterocycles. The summed E-state index contributed by atoms with van der Waals surface area (Å²) in [5.74, 6) is -0.137. The van der Waals surface area contributed by atoms with Crippen molar-refractivity contribution in [1.82, 2.24) is 9.80 Å². The Balaban J connectivity index is 1.49. The molecule has 0 aliphatic carbocycles. The van der Waals surface area contributed by atoms with E-state index in [0.717, 1.165) is 20.3 Å². The fraction of sp³-hybridized carbons (Fsp3) is 0.167. The average molecular weight is 588 g/mol. The van der Waals surface area contributed by atoms with Crippen molar-refractivity contribution in [2.24, 2.45) is 0 Å². The Bertz CT molecular complexity index is 1500. The summed E-state index contributed by atoms with van der Waals surface area (Å²) in [5.41, 5.74) is 2.77. The van der Waals surface area contributed by atoms with Crippen LogP contribution in [0.3, 0.4) is 0 Å². The first-order valence-corrected chi connectivity index (χ1v) is 15.1. The zero-order valence-corrected chi connectivity index (χ0v) is 22.9. The third-order valence-electron chi connectivity index (χ3n) is 5.82. The van der Waals surface area contributed by atoms with Crippen LogP contribution < -0.4 is 0 Å². The van der Waals surface area contributed by atoms with E-state index in [1.54, 1.807) is 23.9 Å². The van der Waals surface area contributed by atoms with Gasteiger partial charge in [-0.2, -0.15) is 0 Å². The molecule has 0 radical (unpaired) electrons. The Hall–Kier alpha value is -1.92. The van der Waals surface area contributed by atoms with Gasteiger partial charge >= 0.3 is 207 Å². The predicted octanol–water partition coefficient (Wildman–Crippen LogP) is 4.43. The van der Waals surface area contributed by atoms with Crippen molar-refractivity contribution in [1.29, 1.82) is 0 Å². The van der Waals surface area contributed by atoms with E-state index in [9.17, 15) is 9.59 Å². The van der Waals surface area contributed by atoms with Gasteiger partial charge in [0.2, 0.25) is 0 Å². The molecular formula is C24H18N2O2S2Se2. The monoisotopic (exact) mass is 590 g/mol. The van der Waals surface area contributed by atoms with Gasteiger partial charge in [0.25, 0.3) is 0 Å². The summed E-state index contributed by atoms with van der Waals surface area (Å²) in [4.78, 5) is 32.7. The number of rotatable bonds is 3. The SMILES string of the molecule is Cc1cc2sc(-c3ccc(C4=C5C(=O)N(C)C(c6ccc(C)[se]6)=C5C(=O)N4C)[se]3)cc2s1. The second-order valence-electron chi connectivity index (χ2n) is 7.95. The maximum atomic E-state index is 13.3. The topological polar surface area (TPSA) is 40.6 Å². The van der Waals surface area contributed by atoms with E-state index in [1.807, 2.05) is 22.7 Å². The van der Waals surface area contributed by atoms with Crippen LogP contribution in [0.25, 0.3) is 30.1 Å². The molecule has 0 atom stereocenters. The van der Waals surface area contributed by atoms with E-state index in [0.29, 0.717) is 11.1 Å². The Morgan fingerprint density at radius 2 is 1.28 bits per heavy atom. The molecule has 0 saturated heterocycles. The summed E-state index contributed by atoms with van der Waals surface area (Å²) in [7, 11) is 3.60. The average Bonchev–Trinajstić information content (AvgIpc) is 3.55. The van der Waals surface area contributed by atoms with Crippen molar-refractivity contribution in [2.75, 3.05) is 14.1 Å². The van der Waals surface area contributed by atoms with Crippen molar-refractivity contribution >= 4 is 84.3 Å². The molecule has 6 rings (SSSR count). The number of fused-ring (bicyclic) bond motifs is 2. The van der Waals surface area contributed by atoms with Crippen LogP contribution >= 0.6 is 22.7 Å². The molecule has 4 nitrogen and oxygen atoms in total. The zero-order chi connectivity index (χ0) is 22.3. The summed E-state index contributed by atoms with van der Waals surface area (Å²) in [5, 5.41) is 0. The van der Waals surface area contributed by atoms with E-state index in [1.165, 1.54) is 28.0 Å². The fourth-order valence-electron chi connectivity index (χ4n) is 4.34. The van der Waals surface area contributed by atoms with Crippen LogP contribution in [0.1, 0.15) is 18.2 Å². The molecule has 6 heterocycles. The van der Waals surface area contributed by atoms with E-state index >= 15 is 0 Å². The van der Waals surface area contributed by atoms with Crippen LogP contribution in [0.15, 0.2) is 47.5 Å². The van der Waals surface area contributed by atoms with Crippen molar-refractivity contribution in [3.63, 3.8) is 0 Å². The van der Waals surface area contributed by atoms with Crippen LogP contribution in [-0.2, 0) is 9.59 Å².